The summed E-state index contributed by atoms with van der Waals surface area (Å²) in [6.45, 7) is 3.18. The van der Waals surface area contributed by atoms with Gasteiger partial charge >= 0.3 is 0 Å². The normalized spacial score (nSPS) is 31.9. The molecule has 0 aromatic rings. The lowest BCUT2D eigenvalue weighted by molar-refractivity contribution is 0.0674. The Bertz CT molecular complexity index is 520. The molecule has 1 saturated carbocycles. The highest BCUT2D eigenvalue weighted by Crippen LogP contribution is 2.49. The van der Waals surface area contributed by atoms with Crippen molar-refractivity contribution in [2.24, 2.45) is 11.3 Å². The van der Waals surface area contributed by atoms with Crippen LogP contribution in [0.25, 0.3) is 0 Å². The number of alkyl halides is 2. The zero-order valence-corrected chi connectivity index (χ0v) is 12.6. The molecule has 2 fully saturated rings. The summed E-state index contributed by atoms with van der Waals surface area (Å²) in [5, 5.41) is 3.52. The fourth-order valence-corrected chi connectivity index (χ4v) is 4.06. The van der Waals surface area contributed by atoms with E-state index in [0.29, 0.717) is 5.41 Å². The fourth-order valence-electron chi connectivity index (χ4n) is 4.06. The molecule has 0 aromatic carbocycles. The first-order valence-electron chi connectivity index (χ1n) is 7.92. The summed E-state index contributed by atoms with van der Waals surface area (Å²) in [5.41, 5.74) is 4.29. The summed E-state index contributed by atoms with van der Waals surface area (Å²) in [6, 6.07) is 0. The van der Waals surface area contributed by atoms with Crippen LogP contribution in [-0.2, 0) is 0 Å². The summed E-state index contributed by atoms with van der Waals surface area (Å²) >= 11 is 0. The second kappa shape index (κ2) is 5.55. The van der Waals surface area contributed by atoms with Crippen LogP contribution in [0.3, 0.4) is 0 Å². The minimum Gasteiger partial charge on any atom is -0.316 e. The van der Waals surface area contributed by atoms with Crippen molar-refractivity contribution in [3.63, 3.8) is 0 Å². The molecule has 0 amide bonds. The Balaban J connectivity index is 1.71. The van der Waals surface area contributed by atoms with Crippen molar-refractivity contribution in [2.45, 2.75) is 45.0 Å². The minimum absolute atomic E-state index is 0.0625. The van der Waals surface area contributed by atoms with Gasteiger partial charge in [-0.25, -0.2) is 8.78 Å². The van der Waals surface area contributed by atoms with E-state index in [0.717, 1.165) is 44.3 Å². The van der Waals surface area contributed by atoms with Gasteiger partial charge in [0.1, 0.15) is 0 Å². The SMILES string of the molecule is CC(F)(F)C1=CC(CC[C@@]23CCC[C@@H]2CNC3)=CC=C=C1. The van der Waals surface area contributed by atoms with Gasteiger partial charge < -0.3 is 5.32 Å². The molecule has 1 N–H and O–H groups in total. The highest BCUT2D eigenvalue weighted by Gasteiger charge is 2.45. The molecular formula is C18H23F2N. The van der Waals surface area contributed by atoms with E-state index < -0.39 is 5.92 Å². The molecule has 2 aliphatic carbocycles. The Labute approximate surface area is 125 Å². The average molecular weight is 291 g/mol. The highest BCUT2D eigenvalue weighted by atomic mass is 19.3. The van der Waals surface area contributed by atoms with Crippen molar-refractivity contribution in [3.05, 3.63) is 41.2 Å². The summed E-state index contributed by atoms with van der Waals surface area (Å²) in [6.07, 6.45) is 12.6. The molecule has 114 valence electrons. The Morgan fingerprint density at radius 1 is 1.48 bits per heavy atom. The van der Waals surface area contributed by atoms with Gasteiger partial charge in [-0.1, -0.05) is 12.5 Å². The zero-order chi connectivity index (χ0) is 14.9. The Morgan fingerprint density at radius 3 is 3.14 bits per heavy atom. The molecule has 0 unspecified atom stereocenters. The zero-order valence-electron chi connectivity index (χ0n) is 12.6. The van der Waals surface area contributed by atoms with Crippen LogP contribution in [-0.4, -0.2) is 19.0 Å². The van der Waals surface area contributed by atoms with Gasteiger partial charge in [0.05, 0.1) is 0 Å². The van der Waals surface area contributed by atoms with E-state index in [1.165, 1.54) is 25.3 Å². The summed E-state index contributed by atoms with van der Waals surface area (Å²) in [5.74, 6) is -2.01. The maximum Gasteiger partial charge on any atom is 0.271 e. The van der Waals surface area contributed by atoms with Crippen molar-refractivity contribution >= 4 is 0 Å². The quantitative estimate of drug-likeness (QED) is 0.758. The number of fused-ring (bicyclic) bond motifs is 1. The van der Waals surface area contributed by atoms with Gasteiger partial charge in [0.2, 0.25) is 0 Å². The fraction of sp³-hybridized carbons (Fsp3) is 0.611. The van der Waals surface area contributed by atoms with Crippen LogP contribution in [0.1, 0.15) is 39.0 Å². The first-order chi connectivity index (χ1) is 10.00. The lowest BCUT2D eigenvalue weighted by Crippen LogP contribution is -2.25. The predicted molar refractivity (Wildman–Crippen MR) is 81.3 cm³/mol. The van der Waals surface area contributed by atoms with Crippen molar-refractivity contribution in [1.29, 1.82) is 0 Å². The highest BCUT2D eigenvalue weighted by molar-refractivity contribution is 5.38. The number of hydrogen-bond acceptors (Lipinski definition) is 1. The molecule has 3 aliphatic rings. The molecule has 0 aromatic heterocycles. The number of allylic oxidation sites excluding steroid dienone is 5. The van der Waals surface area contributed by atoms with Crippen LogP contribution in [0, 0.1) is 11.3 Å². The summed E-state index contributed by atoms with van der Waals surface area (Å²) in [7, 11) is 0. The minimum atomic E-state index is -2.80. The van der Waals surface area contributed by atoms with Crippen molar-refractivity contribution in [3.8, 4) is 0 Å². The molecule has 0 bridgehead atoms. The van der Waals surface area contributed by atoms with Crippen LogP contribution in [0.15, 0.2) is 41.2 Å². The molecule has 0 spiro atoms. The first kappa shape index (κ1) is 14.7. The van der Waals surface area contributed by atoms with E-state index in [9.17, 15) is 8.78 Å². The molecule has 1 heterocycles. The molecule has 2 atom stereocenters. The molecule has 3 heteroatoms. The number of nitrogens with one attached hydrogen (secondary N) is 1. The van der Waals surface area contributed by atoms with Gasteiger partial charge in [0.15, 0.2) is 0 Å². The van der Waals surface area contributed by atoms with Crippen LogP contribution in [0.4, 0.5) is 8.78 Å². The van der Waals surface area contributed by atoms with E-state index in [1.807, 2.05) is 6.08 Å². The predicted octanol–water partition coefficient (Wildman–Crippen LogP) is 4.39. The number of rotatable bonds is 4. The van der Waals surface area contributed by atoms with Gasteiger partial charge in [-0.05, 0) is 67.4 Å². The Hall–Kier alpha value is -1.18. The molecule has 0 radical (unpaired) electrons. The van der Waals surface area contributed by atoms with Crippen molar-refractivity contribution in [1.82, 2.24) is 5.32 Å². The lowest BCUT2D eigenvalue weighted by atomic mass is 9.76. The van der Waals surface area contributed by atoms with Crippen molar-refractivity contribution in [2.75, 3.05) is 13.1 Å². The second-order valence-electron chi connectivity index (χ2n) is 6.79. The molecule has 21 heavy (non-hydrogen) atoms. The largest absolute Gasteiger partial charge is 0.316 e. The van der Waals surface area contributed by atoms with Crippen LogP contribution in [0.5, 0.6) is 0 Å². The molecular weight excluding hydrogens is 268 g/mol. The van der Waals surface area contributed by atoms with Crippen LogP contribution < -0.4 is 5.32 Å². The summed E-state index contributed by atoms with van der Waals surface area (Å²) in [4.78, 5) is 0. The van der Waals surface area contributed by atoms with Crippen LogP contribution in [0.2, 0.25) is 0 Å². The van der Waals surface area contributed by atoms with E-state index in [4.69, 9.17) is 0 Å². The third-order valence-electron chi connectivity index (χ3n) is 5.35. The van der Waals surface area contributed by atoms with Gasteiger partial charge in [0.25, 0.3) is 5.92 Å². The maximum atomic E-state index is 13.5. The topological polar surface area (TPSA) is 12.0 Å². The Kier molecular flexibility index (Phi) is 3.90. The second-order valence-corrected chi connectivity index (χ2v) is 6.79. The molecule has 1 saturated heterocycles. The van der Waals surface area contributed by atoms with E-state index in [-0.39, 0.29) is 5.57 Å². The third-order valence-corrected chi connectivity index (χ3v) is 5.35. The van der Waals surface area contributed by atoms with Gasteiger partial charge in [-0.2, -0.15) is 0 Å². The number of halogens is 2. The lowest BCUT2D eigenvalue weighted by Gasteiger charge is -2.28. The van der Waals surface area contributed by atoms with Gasteiger partial charge in [-0.15, -0.1) is 5.73 Å². The van der Waals surface area contributed by atoms with Crippen molar-refractivity contribution < 1.29 is 8.78 Å². The molecule has 1 nitrogen and oxygen atoms in total. The summed E-state index contributed by atoms with van der Waals surface area (Å²) < 4.78 is 27.1. The number of hydrogen-bond donors (Lipinski definition) is 1. The average Bonchev–Trinajstić information content (AvgIpc) is 2.87. The van der Waals surface area contributed by atoms with Crippen LogP contribution >= 0.6 is 0 Å². The van der Waals surface area contributed by atoms with E-state index in [2.05, 4.69) is 11.0 Å². The monoisotopic (exact) mass is 291 g/mol. The third kappa shape index (κ3) is 3.04. The molecule has 1 aliphatic heterocycles. The smallest absolute Gasteiger partial charge is 0.271 e. The van der Waals surface area contributed by atoms with Gasteiger partial charge in [-0.3, -0.25) is 0 Å². The van der Waals surface area contributed by atoms with E-state index >= 15 is 0 Å². The van der Waals surface area contributed by atoms with Gasteiger partial charge in [0, 0.05) is 19.0 Å². The molecule has 3 rings (SSSR count). The Morgan fingerprint density at radius 2 is 2.33 bits per heavy atom. The maximum absolute atomic E-state index is 13.5. The standard InChI is InChI=1S/C18H23F2N/c1-17(19,20)15-6-3-2-5-14(11-15)8-10-18-9-4-7-16(18)12-21-13-18/h2,5-6,11,16,21H,4,7-10,12-13H2,1H3/t16-,18-/m1/s1. The first-order valence-corrected chi connectivity index (χ1v) is 7.92. The van der Waals surface area contributed by atoms with E-state index in [1.54, 1.807) is 12.2 Å².